The van der Waals surface area contributed by atoms with Gasteiger partial charge in [0, 0.05) is 129 Å². The average Bonchev–Trinajstić information content (AvgIpc) is 1.54. The molecule has 22 rings (SSSR count). The predicted octanol–water partition coefficient (Wildman–Crippen LogP) is 24.8. The van der Waals surface area contributed by atoms with Crippen LogP contribution in [0.1, 0.15) is 0 Å². The highest BCUT2D eigenvalue weighted by atomic mass is 32.1. The molecule has 0 radical (unpaired) electrons. The molecule has 22 aromatic rings. The van der Waals surface area contributed by atoms with Crippen LogP contribution in [0.4, 0.5) is 0 Å². The molecule has 0 unspecified atom stereocenters. The molecule has 0 spiro atoms. The molecular formula is C92H54N8S2. The van der Waals surface area contributed by atoms with Crippen molar-refractivity contribution in [2.45, 2.75) is 0 Å². The number of benzene rings is 14. The molecule has 0 saturated heterocycles. The standard InChI is InChI=1S/C47H28N4S.C45H26N4S/c1-2-12-29(13-3-1)31-14-10-15-32(28-31)43-38-20-11-27-48-47(38)50-46(49-43)30-23-25-33(26-24-30)51-39-21-8-6-18-36(39)41-34-16-4-5-17-35(34)45-42(44(41)51)37-19-7-9-22-40(37)52-45;1-2-13-30-27(11-1)12-9-18-32(30)41-36-19-10-26-46-45(36)48-44(47-41)28-22-24-29(25-23-28)49-37-20-7-5-16-34(37)39-31-14-3-4-15-33(31)43-40(42(39)49)35-17-6-8-21-38(35)50-43/h1-28H;1-26H. The summed E-state index contributed by atoms with van der Waals surface area (Å²) in [6, 6.07) is 112. The third kappa shape index (κ3) is 9.06. The fraction of sp³-hybridized carbons (Fsp3) is 0. The van der Waals surface area contributed by atoms with E-state index in [9.17, 15) is 0 Å². The van der Waals surface area contributed by atoms with Crippen molar-refractivity contribution >= 4 is 161 Å². The van der Waals surface area contributed by atoms with Gasteiger partial charge in [0.15, 0.2) is 22.9 Å². The van der Waals surface area contributed by atoms with Crippen molar-refractivity contribution in [2.24, 2.45) is 0 Å². The van der Waals surface area contributed by atoms with E-state index in [1.165, 1.54) is 116 Å². The number of thiophene rings is 2. The Balaban J connectivity index is 0.000000133. The molecule has 0 fully saturated rings. The molecule has 8 aromatic heterocycles. The molecule has 0 bridgehead atoms. The van der Waals surface area contributed by atoms with E-state index in [4.69, 9.17) is 19.9 Å². The molecule has 8 heterocycles. The Bertz CT molecular complexity index is 7190. The summed E-state index contributed by atoms with van der Waals surface area (Å²) in [5.74, 6) is 1.31. The summed E-state index contributed by atoms with van der Waals surface area (Å²) in [6.07, 6.45) is 3.60. The molecule has 0 aliphatic rings. The van der Waals surface area contributed by atoms with Crippen molar-refractivity contribution in [1.82, 2.24) is 39.0 Å². The van der Waals surface area contributed by atoms with Gasteiger partial charge in [0.2, 0.25) is 0 Å². The maximum absolute atomic E-state index is 5.23. The smallest absolute Gasteiger partial charge is 0.163 e. The summed E-state index contributed by atoms with van der Waals surface area (Å²) in [5, 5.41) is 19.7. The van der Waals surface area contributed by atoms with Gasteiger partial charge in [-0.25, -0.2) is 29.9 Å². The van der Waals surface area contributed by atoms with Crippen LogP contribution in [-0.4, -0.2) is 39.0 Å². The van der Waals surface area contributed by atoms with Crippen LogP contribution in [0.2, 0.25) is 0 Å². The molecule has 0 aliphatic heterocycles. The SMILES string of the molecule is c1ccc(-c2cccc(-c3nc(-c4ccc(-n5c6ccccc6c6c7ccccc7c7sc8ccccc8c7c65)cc4)nc4ncccc34)c2)cc1.c1ccc2c(-c3nc(-c4ccc(-n5c6ccccc6c6c7ccccc7c7sc8ccccc8c7c65)cc4)nc4ncccc34)cccc2c1. The van der Waals surface area contributed by atoms with E-state index < -0.39 is 0 Å². The summed E-state index contributed by atoms with van der Waals surface area (Å²) in [6.45, 7) is 0. The van der Waals surface area contributed by atoms with E-state index in [-0.39, 0.29) is 0 Å². The number of hydrogen-bond donors (Lipinski definition) is 0. The maximum Gasteiger partial charge on any atom is 0.163 e. The van der Waals surface area contributed by atoms with Gasteiger partial charge in [-0.2, -0.15) is 0 Å². The zero-order valence-corrected chi connectivity index (χ0v) is 56.2. The number of pyridine rings is 2. The monoisotopic (exact) mass is 1330 g/mol. The number of fused-ring (bicyclic) bond motifs is 23. The summed E-state index contributed by atoms with van der Waals surface area (Å²) in [4.78, 5) is 29.8. The average molecular weight is 1340 g/mol. The van der Waals surface area contributed by atoms with Crippen LogP contribution in [0.3, 0.4) is 0 Å². The van der Waals surface area contributed by atoms with Crippen LogP contribution < -0.4 is 0 Å². The van der Waals surface area contributed by atoms with E-state index in [0.29, 0.717) is 22.9 Å². The second-order valence-corrected chi connectivity index (χ2v) is 28.1. The maximum atomic E-state index is 5.23. The van der Waals surface area contributed by atoms with Crippen LogP contribution in [0.25, 0.3) is 206 Å². The molecule has 0 atom stereocenters. The van der Waals surface area contributed by atoms with Gasteiger partial charge in [0.25, 0.3) is 0 Å². The minimum absolute atomic E-state index is 0.650. The summed E-state index contributed by atoms with van der Waals surface area (Å²) in [7, 11) is 0. The highest BCUT2D eigenvalue weighted by molar-refractivity contribution is 7.27. The quantitative estimate of drug-likeness (QED) is 0.158. The molecule has 0 N–H and O–H groups in total. The third-order valence-electron chi connectivity index (χ3n) is 20.3. The van der Waals surface area contributed by atoms with Gasteiger partial charge in [-0.3, -0.25) is 0 Å². The van der Waals surface area contributed by atoms with Crippen LogP contribution in [0.5, 0.6) is 0 Å². The van der Waals surface area contributed by atoms with Crippen molar-refractivity contribution < 1.29 is 0 Å². The molecule has 0 aliphatic carbocycles. The highest BCUT2D eigenvalue weighted by Crippen LogP contribution is 2.50. The van der Waals surface area contributed by atoms with Crippen LogP contribution in [0, 0.1) is 0 Å². The predicted molar refractivity (Wildman–Crippen MR) is 429 cm³/mol. The van der Waals surface area contributed by atoms with Gasteiger partial charge < -0.3 is 9.13 Å². The first-order valence-corrected chi connectivity index (χ1v) is 35.9. The zero-order valence-electron chi connectivity index (χ0n) is 54.6. The molecule has 8 nitrogen and oxygen atoms in total. The Morgan fingerprint density at radius 2 is 0.667 bits per heavy atom. The Hall–Kier alpha value is -13.1. The second-order valence-electron chi connectivity index (χ2n) is 26.0. The van der Waals surface area contributed by atoms with E-state index in [0.717, 1.165) is 66.7 Å². The fourth-order valence-electron chi connectivity index (χ4n) is 15.8. The van der Waals surface area contributed by atoms with Crippen LogP contribution in [-0.2, 0) is 0 Å². The first kappa shape index (κ1) is 57.9. The lowest BCUT2D eigenvalue weighted by atomic mass is 9.99. The van der Waals surface area contributed by atoms with Crippen molar-refractivity contribution in [2.75, 3.05) is 0 Å². The largest absolute Gasteiger partial charge is 0.309 e. The van der Waals surface area contributed by atoms with Crippen molar-refractivity contribution in [3.8, 4) is 67.8 Å². The molecule has 0 saturated carbocycles. The Labute approximate surface area is 591 Å². The van der Waals surface area contributed by atoms with Gasteiger partial charge in [-0.15, -0.1) is 22.7 Å². The van der Waals surface area contributed by atoms with Crippen LogP contribution in [0.15, 0.2) is 328 Å². The van der Waals surface area contributed by atoms with E-state index >= 15 is 0 Å². The van der Waals surface area contributed by atoms with Gasteiger partial charge in [0.1, 0.15) is 0 Å². The molecule has 102 heavy (non-hydrogen) atoms. The van der Waals surface area contributed by atoms with Crippen LogP contribution >= 0.6 is 22.7 Å². The zero-order chi connectivity index (χ0) is 66.9. The van der Waals surface area contributed by atoms with Gasteiger partial charge >= 0.3 is 0 Å². The van der Waals surface area contributed by atoms with E-state index in [1.807, 2.05) is 40.9 Å². The number of rotatable bonds is 7. The first-order valence-electron chi connectivity index (χ1n) is 34.2. The molecular weight excluding hydrogens is 1280 g/mol. The first-order chi connectivity index (χ1) is 50.6. The van der Waals surface area contributed by atoms with E-state index in [2.05, 4.69) is 316 Å². The normalized spacial score (nSPS) is 11.9. The van der Waals surface area contributed by atoms with Crippen molar-refractivity contribution in [3.63, 3.8) is 0 Å². The summed E-state index contributed by atoms with van der Waals surface area (Å²) < 4.78 is 10.2. The molecule has 14 aromatic carbocycles. The minimum atomic E-state index is 0.650. The lowest BCUT2D eigenvalue weighted by Crippen LogP contribution is -1.98. The number of hydrogen-bond acceptors (Lipinski definition) is 8. The molecule has 474 valence electrons. The highest BCUT2D eigenvalue weighted by Gasteiger charge is 2.25. The summed E-state index contributed by atoms with van der Waals surface area (Å²) in [5.41, 5.74) is 16.5. The number of para-hydroxylation sites is 2. The number of aromatic nitrogens is 8. The van der Waals surface area contributed by atoms with Gasteiger partial charge in [-0.1, -0.05) is 212 Å². The Kier molecular flexibility index (Phi) is 13.2. The second kappa shape index (κ2) is 23.3. The molecule has 0 amide bonds. The Morgan fingerprint density at radius 1 is 0.255 bits per heavy atom. The topological polar surface area (TPSA) is 87.2 Å². The van der Waals surface area contributed by atoms with Gasteiger partial charge in [0.05, 0.1) is 33.5 Å². The van der Waals surface area contributed by atoms with Crippen molar-refractivity contribution in [1.29, 1.82) is 0 Å². The van der Waals surface area contributed by atoms with Crippen molar-refractivity contribution in [3.05, 3.63) is 328 Å². The lowest BCUT2D eigenvalue weighted by molar-refractivity contribution is 1.17. The number of nitrogens with zero attached hydrogens (tertiary/aromatic N) is 8. The van der Waals surface area contributed by atoms with E-state index in [1.54, 1.807) is 12.4 Å². The summed E-state index contributed by atoms with van der Waals surface area (Å²) >= 11 is 3.77. The lowest BCUT2D eigenvalue weighted by Gasteiger charge is -2.13. The minimum Gasteiger partial charge on any atom is -0.309 e. The fourth-order valence-corrected chi connectivity index (χ4v) is 18.3. The molecule has 10 heteroatoms. The third-order valence-corrected chi connectivity index (χ3v) is 22.7. The Morgan fingerprint density at radius 3 is 1.23 bits per heavy atom. The van der Waals surface area contributed by atoms with Gasteiger partial charge in [-0.05, 0) is 136 Å².